The normalized spacial score (nSPS) is 15.7. The third-order valence-corrected chi connectivity index (χ3v) is 3.98. The first kappa shape index (κ1) is 13.1. The predicted molar refractivity (Wildman–Crippen MR) is 77.4 cm³/mol. The van der Waals surface area contributed by atoms with E-state index in [1.165, 1.54) is 18.2 Å². The van der Waals surface area contributed by atoms with E-state index in [9.17, 15) is 9.18 Å². The molecule has 0 bridgehead atoms. The second kappa shape index (κ2) is 4.91. The number of halogens is 2. The van der Waals surface area contributed by atoms with E-state index < -0.39 is 11.2 Å². The first-order valence-corrected chi connectivity index (χ1v) is 6.82. The summed E-state index contributed by atoms with van der Waals surface area (Å²) in [6.45, 7) is 0. The van der Waals surface area contributed by atoms with Crippen molar-refractivity contribution in [1.82, 2.24) is 0 Å². The maximum atomic E-state index is 13.1. The SMILES string of the molecule is O=C(Nc1ccc(F)c(Cl)c1)C1(c2ccccc2)CC1. The average molecular weight is 290 g/mol. The Morgan fingerprint density at radius 2 is 1.85 bits per heavy atom. The maximum Gasteiger partial charge on any atom is 0.235 e. The zero-order chi connectivity index (χ0) is 14.2. The third kappa shape index (κ3) is 2.29. The van der Waals surface area contributed by atoms with Crippen LogP contribution in [0.2, 0.25) is 5.02 Å². The van der Waals surface area contributed by atoms with E-state index >= 15 is 0 Å². The number of hydrogen-bond acceptors (Lipinski definition) is 1. The van der Waals surface area contributed by atoms with Crippen LogP contribution in [0.25, 0.3) is 0 Å². The fourth-order valence-electron chi connectivity index (χ4n) is 2.35. The highest BCUT2D eigenvalue weighted by Gasteiger charge is 2.51. The summed E-state index contributed by atoms with van der Waals surface area (Å²) in [5.41, 5.74) is 1.09. The number of carbonyl (C=O) groups is 1. The molecular formula is C16H13ClFNO. The van der Waals surface area contributed by atoms with Gasteiger partial charge in [0.25, 0.3) is 0 Å². The first-order chi connectivity index (χ1) is 9.62. The van der Waals surface area contributed by atoms with Gasteiger partial charge >= 0.3 is 0 Å². The summed E-state index contributed by atoms with van der Waals surface area (Å²) in [5, 5.41) is 2.83. The van der Waals surface area contributed by atoms with Crippen LogP contribution in [0.15, 0.2) is 48.5 Å². The van der Waals surface area contributed by atoms with Gasteiger partial charge in [-0.15, -0.1) is 0 Å². The van der Waals surface area contributed by atoms with Crippen LogP contribution in [0.1, 0.15) is 18.4 Å². The van der Waals surface area contributed by atoms with Crippen LogP contribution < -0.4 is 5.32 Å². The summed E-state index contributed by atoms with van der Waals surface area (Å²) < 4.78 is 13.1. The molecule has 2 nitrogen and oxygen atoms in total. The number of nitrogens with one attached hydrogen (secondary N) is 1. The molecule has 1 N–H and O–H groups in total. The Bertz CT molecular complexity index is 653. The number of hydrogen-bond donors (Lipinski definition) is 1. The molecule has 0 spiro atoms. The van der Waals surface area contributed by atoms with Crippen molar-refractivity contribution in [2.24, 2.45) is 0 Å². The predicted octanol–water partition coefficient (Wildman–Crippen LogP) is 4.15. The van der Waals surface area contributed by atoms with E-state index in [-0.39, 0.29) is 10.9 Å². The van der Waals surface area contributed by atoms with Crippen molar-refractivity contribution >= 4 is 23.2 Å². The van der Waals surface area contributed by atoms with E-state index in [2.05, 4.69) is 5.32 Å². The lowest BCUT2D eigenvalue weighted by atomic mass is 9.95. The molecule has 0 aromatic heterocycles. The lowest BCUT2D eigenvalue weighted by Gasteiger charge is -2.16. The van der Waals surface area contributed by atoms with Crippen LogP contribution >= 0.6 is 11.6 Å². The van der Waals surface area contributed by atoms with Gasteiger partial charge in [-0.1, -0.05) is 41.9 Å². The summed E-state index contributed by atoms with van der Waals surface area (Å²) in [5.74, 6) is -0.555. The lowest BCUT2D eigenvalue weighted by Crippen LogP contribution is -2.27. The summed E-state index contributed by atoms with van der Waals surface area (Å²) in [7, 11) is 0. The lowest BCUT2D eigenvalue weighted by molar-refractivity contribution is -0.118. The van der Waals surface area contributed by atoms with Gasteiger partial charge in [0.1, 0.15) is 5.82 Å². The average Bonchev–Trinajstić information content (AvgIpc) is 3.26. The van der Waals surface area contributed by atoms with E-state index in [4.69, 9.17) is 11.6 Å². The molecule has 1 saturated carbocycles. The van der Waals surface area contributed by atoms with E-state index in [0.29, 0.717) is 5.69 Å². The smallest absolute Gasteiger partial charge is 0.235 e. The van der Waals surface area contributed by atoms with Crippen molar-refractivity contribution in [2.75, 3.05) is 5.32 Å². The molecule has 0 unspecified atom stereocenters. The Hall–Kier alpha value is -1.87. The van der Waals surface area contributed by atoms with E-state index in [1.54, 1.807) is 0 Å². The van der Waals surface area contributed by atoms with E-state index in [1.807, 2.05) is 30.3 Å². The number of amides is 1. The van der Waals surface area contributed by atoms with Crippen LogP contribution in [-0.4, -0.2) is 5.91 Å². The van der Waals surface area contributed by atoms with Crippen LogP contribution in [0.4, 0.5) is 10.1 Å². The minimum absolute atomic E-state index is 0.00681. The highest BCUT2D eigenvalue weighted by atomic mass is 35.5. The van der Waals surface area contributed by atoms with Gasteiger partial charge < -0.3 is 5.32 Å². The van der Waals surface area contributed by atoms with Gasteiger partial charge in [-0.2, -0.15) is 0 Å². The fourth-order valence-corrected chi connectivity index (χ4v) is 2.53. The van der Waals surface area contributed by atoms with Gasteiger partial charge in [-0.25, -0.2) is 4.39 Å². The Balaban J connectivity index is 1.81. The molecule has 4 heteroatoms. The van der Waals surface area contributed by atoms with Gasteiger partial charge in [-0.05, 0) is 36.6 Å². The molecule has 1 fully saturated rings. The Labute approximate surface area is 121 Å². The molecule has 0 heterocycles. The molecule has 2 aromatic rings. The molecule has 0 atom stereocenters. The van der Waals surface area contributed by atoms with Crippen molar-refractivity contribution in [3.63, 3.8) is 0 Å². The van der Waals surface area contributed by atoms with Crippen LogP contribution in [-0.2, 0) is 10.2 Å². The molecule has 102 valence electrons. The van der Waals surface area contributed by atoms with E-state index in [0.717, 1.165) is 18.4 Å². The molecule has 2 aromatic carbocycles. The second-order valence-corrected chi connectivity index (χ2v) is 5.44. The van der Waals surface area contributed by atoms with Crippen LogP contribution in [0.3, 0.4) is 0 Å². The standard InChI is InChI=1S/C16H13ClFNO/c17-13-10-12(6-7-14(13)18)19-15(20)16(8-9-16)11-4-2-1-3-5-11/h1-7,10H,8-9H2,(H,19,20). The minimum Gasteiger partial charge on any atom is -0.325 e. The molecule has 3 rings (SSSR count). The van der Waals surface area contributed by atoms with Crippen LogP contribution in [0.5, 0.6) is 0 Å². The van der Waals surface area contributed by atoms with Crippen molar-refractivity contribution < 1.29 is 9.18 Å². The third-order valence-electron chi connectivity index (χ3n) is 3.69. The highest BCUT2D eigenvalue weighted by Crippen LogP contribution is 2.48. The van der Waals surface area contributed by atoms with Crippen LogP contribution in [0, 0.1) is 5.82 Å². The molecule has 1 amide bonds. The molecule has 1 aliphatic rings. The quantitative estimate of drug-likeness (QED) is 0.903. The zero-order valence-corrected chi connectivity index (χ0v) is 11.5. The number of rotatable bonds is 3. The summed E-state index contributed by atoms with van der Waals surface area (Å²) in [6.07, 6.45) is 1.66. The second-order valence-electron chi connectivity index (χ2n) is 5.03. The fraction of sp³-hybridized carbons (Fsp3) is 0.188. The van der Waals surface area contributed by atoms with Gasteiger partial charge in [0, 0.05) is 5.69 Å². The monoisotopic (exact) mass is 289 g/mol. The Morgan fingerprint density at radius 1 is 1.15 bits per heavy atom. The zero-order valence-electron chi connectivity index (χ0n) is 10.7. The molecule has 0 aliphatic heterocycles. The molecule has 20 heavy (non-hydrogen) atoms. The minimum atomic E-state index is -0.492. The number of benzene rings is 2. The Morgan fingerprint density at radius 3 is 2.45 bits per heavy atom. The number of anilines is 1. The van der Waals surface area contributed by atoms with Crippen molar-refractivity contribution in [3.05, 3.63) is 64.9 Å². The summed E-state index contributed by atoms with van der Waals surface area (Å²) >= 11 is 5.72. The van der Waals surface area contributed by atoms with Gasteiger partial charge in [0.05, 0.1) is 10.4 Å². The van der Waals surface area contributed by atoms with Crippen molar-refractivity contribution in [2.45, 2.75) is 18.3 Å². The van der Waals surface area contributed by atoms with Crippen molar-refractivity contribution in [3.8, 4) is 0 Å². The van der Waals surface area contributed by atoms with Gasteiger partial charge in [-0.3, -0.25) is 4.79 Å². The largest absolute Gasteiger partial charge is 0.325 e. The van der Waals surface area contributed by atoms with Crippen molar-refractivity contribution in [1.29, 1.82) is 0 Å². The maximum absolute atomic E-state index is 13.1. The van der Waals surface area contributed by atoms with Gasteiger partial charge in [0.2, 0.25) is 5.91 Å². The Kier molecular flexibility index (Phi) is 3.22. The summed E-state index contributed by atoms with van der Waals surface area (Å²) in [6, 6.07) is 13.9. The molecule has 1 aliphatic carbocycles. The first-order valence-electron chi connectivity index (χ1n) is 6.44. The topological polar surface area (TPSA) is 29.1 Å². The van der Waals surface area contributed by atoms with Gasteiger partial charge in [0.15, 0.2) is 0 Å². The molecular weight excluding hydrogens is 277 g/mol. The number of carbonyl (C=O) groups excluding carboxylic acids is 1. The summed E-state index contributed by atoms with van der Waals surface area (Å²) in [4.78, 5) is 12.4. The highest BCUT2D eigenvalue weighted by molar-refractivity contribution is 6.31. The molecule has 0 radical (unpaired) electrons. The molecule has 0 saturated heterocycles.